The van der Waals surface area contributed by atoms with E-state index in [4.69, 9.17) is 11.6 Å². The minimum Gasteiger partial charge on any atom is -0.349 e. The lowest BCUT2D eigenvalue weighted by Gasteiger charge is -2.11. The van der Waals surface area contributed by atoms with Crippen molar-refractivity contribution in [2.24, 2.45) is 0 Å². The Morgan fingerprint density at radius 2 is 1.78 bits per heavy atom. The Balaban J connectivity index is 1.71. The lowest BCUT2D eigenvalue weighted by Crippen LogP contribution is -2.26. The third-order valence-corrected chi connectivity index (χ3v) is 6.06. The Hall–Kier alpha value is -2.38. The number of nitrogens with one attached hydrogen (secondary N) is 2. The Labute approximate surface area is 162 Å². The summed E-state index contributed by atoms with van der Waals surface area (Å²) < 4.78 is 24.7. The van der Waals surface area contributed by atoms with Gasteiger partial charge in [-0.3, -0.25) is 9.59 Å². The van der Waals surface area contributed by atoms with Crippen molar-refractivity contribution in [3.05, 3.63) is 58.6 Å². The van der Waals surface area contributed by atoms with Crippen molar-refractivity contribution in [3.63, 3.8) is 0 Å². The highest BCUT2D eigenvalue weighted by molar-refractivity contribution is 7.92. The molecule has 2 aromatic rings. The fraction of sp³-hybridized carbons (Fsp3) is 0.263. The number of anilines is 1. The molecule has 0 atom stereocenters. The second-order valence-electron chi connectivity index (χ2n) is 6.54. The molecule has 2 aromatic carbocycles. The molecule has 1 aliphatic rings. The molecule has 6 nitrogen and oxygen atoms in total. The van der Waals surface area contributed by atoms with Crippen LogP contribution in [0.5, 0.6) is 0 Å². The molecule has 0 spiro atoms. The SMILES string of the molecule is Cc1ccc(C(=O)NC2CC2)cc1NC(=O)CS(=O)(=O)c1ccc(Cl)cc1. The second kappa shape index (κ2) is 7.70. The Morgan fingerprint density at radius 1 is 1.11 bits per heavy atom. The molecule has 0 aliphatic heterocycles. The smallest absolute Gasteiger partial charge is 0.251 e. The molecule has 0 saturated heterocycles. The van der Waals surface area contributed by atoms with Gasteiger partial charge in [0.05, 0.1) is 4.90 Å². The minimum absolute atomic E-state index is 0.0244. The first-order valence-electron chi connectivity index (χ1n) is 8.44. The number of hydrogen-bond donors (Lipinski definition) is 2. The molecule has 2 N–H and O–H groups in total. The highest BCUT2D eigenvalue weighted by Gasteiger charge is 2.24. The molecule has 1 fully saturated rings. The number of aryl methyl sites for hydroxylation is 1. The quantitative estimate of drug-likeness (QED) is 0.771. The Kier molecular flexibility index (Phi) is 5.53. The highest BCUT2D eigenvalue weighted by atomic mass is 35.5. The fourth-order valence-corrected chi connectivity index (χ4v) is 3.74. The standard InChI is InChI=1S/C19H19ClN2O4S/c1-12-2-3-13(19(24)21-15-6-7-15)10-17(12)22-18(23)11-27(25,26)16-8-4-14(20)5-9-16/h2-5,8-10,15H,6-7,11H2,1H3,(H,21,24)(H,22,23). The van der Waals surface area contributed by atoms with E-state index < -0.39 is 21.5 Å². The first-order valence-corrected chi connectivity index (χ1v) is 10.5. The van der Waals surface area contributed by atoms with Gasteiger partial charge in [0.2, 0.25) is 5.91 Å². The van der Waals surface area contributed by atoms with Gasteiger partial charge in [0.1, 0.15) is 5.75 Å². The summed E-state index contributed by atoms with van der Waals surface area (Å²) in [6.07, 6.45) is 1.95. The number of carbonyl (C=O) groups is 2. The van der Waals surface area contributed by atoms with Gasteiger partial charge >= 0.3 is 0 Å². The van der Waals surface area contributed by atoms with E-state index in [2.05, 4.69) is 10.6 Å². The topological polar surface area (TPSA) is 92.3 Å². The van der Waals surface area contributed by atoms with Gasteiger partial charge in [-0.2, -0.15) is 0 Å². The van der Waals surface area contributed by atoms with Crippen LogP contribution in [0.15, 0.2) is 47.4 Å². The first kappa shape index (κ1) is 19.4. The number of carbonyl (C=O) groups excluding carboxylic acids is 2. The lowest BCUT2D eigenvalue weighted by molar-refractivity contribution is -0.113. The average molecular weight is 407 g/mol. The van der Waals surface area contributed by atoms with Gasteiger partial charge in [-0.15, -0.1) is 0 Å². The lowest BCUT2D eigenvalue weighted by atomic mass is 10.1. The third-order valence-electron chi connectivity index (χ3n) is 4.18. The molecular weight excluding hydrogens is 388 g/mol. The number of rotatable bonds is 6. The Bertz CT molecular complexity index is 983. The first-order chi connectivity index (χ1) is 12.7. The molecule has 1 saturated carbocycles. The fourth-order valence-electron chi connectivity index (χ4n) is 2.48. The largest absolute Gasteiger partial charge is 0.349 e. The maximum atomic E-state index is 12.4. The van der Waals surface area contributed by atoms with E-state index in [-0.39, 0.29) is 16.8 Å². The van der Waals surface area contributed by atoms with Gasteiger partial charge in [0, 0.05) is 22.3 Å². The number of halogens is 1. The van der Waals surface area contributed by atoms with E-state index >= 15 is 0 Å². The van der Waals surface area contributed by atoms with Gasteiger partial charge in [-0.05, 0) is 61.7 Å². The number of hydrogen-bond acceptors (Lipinski definition) is 4. The molecule has 0 bridgehead atoms. The molecule has 0 heterocycles. The summed E-state index contributed by atoms with van der Waals surface area (Å²) in [6.45, 7) is 1.77. The molecule has 0 unspecified atom stereocenters. The van der Waals surface area contributed by atoms with Crippen molar-refractivity contribution in [1.82, 2.24) is 5.32 Å². The van der Waals surface area contributed by atoms with Gasteiger partial charge in [0.15, 0.2) is 9.84 Å². The molecular formula is C19H19ClN2O4S. The third kappa shape index (κ3) is 5.08. The average Bonchev–Trinajstić information content (AvgIpc) is 3.40. The van der Waals surface area contributed by atoms with Crippen LogP contribution in [0.25, 0.3) is 0 Å². The summed E-state index contributed by atoms with van der Waals surface area (Å²) in [5, 5.41) is 5.88. The predicted molar refractivity (Wildman–Crippen MR) is 104 cm³/mol. The Morgan fingerprint density at radius 3 is 2.41 bits per heavy atom. The van der Waals surface area contributed by atoms with Crippen molar-refractivity contribution in [1.29, 1.82) is 0 Å². The van der Waals surface area contributed by atoms with Crippen LogP contribution in [0.4, 0.5) is 5.69 Å². The van der Waals surface area contributed by atoms with E-state index in [1.807, 2.05) is 0 Å². The molecule has 142 valence electrons. The monoisotopic (exact) mass is 406 g/mol. The van der Waals surface area contributed by atoms with Crippen LogP contribution in [0.1, 0.15) is 28.8 Å². The second-order valence-corrected chi connectivity index (χ2v) is 8.96. The highest BCUT2D eigenvalue weighted by Crippen LogP contribution is 2.22. The zero-order chi connectivity index (χ0) is 19.6. The van der Waals surface area contributed by atoms with Gasteiger partial charge < -0.3 is 10.6 Å². The van der Waals surface area contributed by atoms with Crippen LogP contribution < -0.4 is 10.6 Å². The number of benzene rings is 2. The van der Waals surface area contributed by atoms with Gasteiger partial charge in [-0.25, -0.2) is 8.42 Å². The summed E-state index contributed by atoms with van der Waals surface area (Å²) in [5.74, 6) is -1.58. The molecule has 27 heavy (non-hydrogen) atoms. The van der Waals surface area contributed by atoms with Crippen LogP contribution in [0.2, 0.25) is 5.02 Å². The number of amides is 2. The molecule has 1 aliphatic carbocycles. The summed E-state index contributed by atoms with van der Waals surface area (Å²) >= 11 is 5.76. The summed E-state index contributed by atoms with van der Waals surface area (Å²) in [6, 6.07) is 10.8. The van der Waals surface area contributed by atoms with Gasteiger partial charge in [-0.1, -0.05) is 17.7 Å². The van der Waals surface area contributed by atoms with Crippen LogP contribution >= 0.6 is 11.6 Å². The molecule has 8 heteroatoms. The minimum atomic E-state index is -3.79. The van der Waals surface area contributed by atoms with Gasteiger partial charge in [0.25, 0.3) is 5.91 Å². The summed E-state index contributed by atoms with van der Waals surface area (Å²) in [4.78, 5) is 24.5. The maximum Gasteiger partial charge on any atom is 0.251 e. The molecule has 0 aromatic heterocycles. The van der Waals surface area contributed by atoms with E-state index in [0.29, 0.717) is 16.3 Å². The maximum absolute atomic E-state index is 12.4. The van der Waals surface area contributed by atoms with E-state index in [1.54, 1.807) is 25.1 Å². The zero-order valence-electron chi connectivity index (χ0n) is 14.7. The zero-order valence-corrected chi connectivity index (χ0v) is 16.2. The van der Waals surface area contributed by atoms with Crippen molar-refractivity contribution >= 4 is 38.9 Å². The van der Waals surface area contributed by atoms with E-state index in [9.17, 15) is 18.0 Å². The van der Waals surface area contributed by atoms with Crippen LogP contribution in [0, 0.1) is 6.92 Å². The van der Waals surface area contributed by atoms with Crippen molar-refractivity contribution < 1.29 is 18.0 Å². The van der Waals surface area contributed by atoms with Crippen LogP contribution in [-0.2, 0) is 14.6 Å². The van der Waals surface area contributed by atoms with Crippen LogP contribution in [-0.4, -0.2) is 32.0 Å². The summed E-state index contributed by atoms with van der Waals surface area (Å²) in [5.41, 5.74) is 1.56. The van der Waals surface area contributed by atoms with Crippen molar-refractivity contribution in [3.8, 4) is 0 Å². The molecule has 2 amide bonds. The molecule has 0 radical (unpaired) electrons. The normalized spacial score (nSPS) is 13.9. The predicted octanol–water partition coefficient (Wildman–Crippen LogP) is 2.95. The number of sulfone groups is 1. The summed E-state index contributed by atoms with van der Waals surface area (Å²) in [7, 11) is -3.79. The van der Waals surface area contributed by atoms with Crippen LogP contribution in [0.3, 0.4) is 0 Å². The van der Waals surface area contributed by atoms with Crippen molar-refractivity contribution in [2.75, 3.05) is 11.1 Å². The van der Waals surface area contributed by atoms with E-state index in [1.165, 1.54) is 24.3 Å². The van der Waals surface area contributed by atoms with Crippen molar-refractivity contribution in [2.45, 2.75) is 30.7 Å². The van der Waals surface area contributed by atoms with E-state index in [0.717, 1.165) is 18.4 Å². The molecule has 3 rings (SSSR count).